The Kier molecular flexibility index (Phi) is 4.38. The molecule has 7 heteroatoms. The minimum atomic E-state index is -0.291. The van der Waals surface area contributed by atoms with Crippen LogP contribution >= 0.6 is 0 Å². The number of hydrogen-bond acceptors (Lipinski definition) is 4. The van der Waals surface area contributed by atoms with E-state index < -0.39 is 0 Å². The van der Waals surface area contributed by atoms with Gasteiger partial charge in [-0.3, -0.25) is 24.1 Å². The minimum absolute atomic E-state index is 0.0263. The molecule has 152 valence electrons. The highest BCUT2D eigenvalue weighted by molar-refractivity contribution is 6.21. The Labute approximate surface area is 173 Å². The molecule has 0 aliphatic carbocycles. The Morgan fingerprint density at radius 2 is 1.37 bits per heavy atom. The smallest absolute Gasteiger partial charge is 0.261 e. The predicted octanol–water partition coefficient (Wildman–Crippen LogP) is 2.46. The number of hydrogen-bond donors (Lipinski definition) is 0. The normalized spacial score (nSPS) is 21.2. The van der Waals surface area contributed by atoms with Gasteiger partial charge in [0.2, 0.25) is 11.8 Å². The van der Waals surface area contributed by atoms with Gasteiger partial charge in [0.05, 0.1) is 11.1 Å². The predicted molar refractivity (Wildman–Crippen MR) is 110 cm³/mol. The summed E-state index contributed by atoms with van der Waals surface area (Å²) in [5.41, 5.74) is 2.46. The Bertz CT molecular complexity index is 1030. The maximum Gasteiger partial charge on any atom is 0.261 e. The maximum atomic E-state index is 12.6. The summed E-state index contributed by atoms with van der Waals surface area (Å²) < 4.78 is 0. The third-order valence-corrected chi connectivity index (χ3v) is 6.07. The van der Waals surface area contributed by atoms with Crippen LogP contribution < -0.4 is 9.80 Å². The number of carbonyl (C=O) groups is 4. The monoisotopic (exact) mass is 403 g/mol. The lowest BCUT2D eigenvalue weighted by molar-refractivity contribution is -0.118. The summed E-state index contributed by atoms with van der Waals surface area (Å²) in [5.74, 6) is -0.593. The Hall–Kier alpha value is -3.48. The van der Waals surface area contributed by atoms with Crippen LogP contribution in [-0.2, 0) is 9.59 Å². The molecule has 2 fully saturated rings. The van der Waals surface area contributed by atoms with Crippen LogP contribution in [0.3, 0.4) is 0 Å². The van der Waals surface area contributed by atoms with Crippen molar-refractivity contribution in [3.63, 3.8) is 0 Å². The molecule has 5 rings (SSSR count). The molecule has 30 heavy (non-hydrogen) atoms. The molecule has 1 atom stereocenters. The quantitative estimate of drug-likeness (QED) is 0.735. The fraction of sp³-hybridized carbons (Fsp3) is 0.304. The molecule has 0 N–H and O–H groups in total. The van der Waals surface area contributed by atoms with E-state index in [0.29, 0.717) is 30.5 Å². The SMILES string of the molecule is O=C1c2ccccc2C(=O)N1CC1CC(=O)N(c2ccc(N3CCCC3=O)cc2)C1. The molecule has 3 aliphatic rings. The van der Waals surface area contributed by atoms with Gasteiger partial charge in [0.15, 0.2) is 0 Å². The zero-order valence-electron chi connectivity index (χ0n) is 16.4. The highest BCUT2D eigenvalue weighted by atomic mass is 16.2. The highest BCUT2D eigenvalue weighted by Crippen LogP contribution is 2.31. The summed E-state index contributed by atoms with van der Waals surface area (Å²) >= 11 is 0. The number of amides is 4. The first-order valence-corrected chi connectivity index (χ1v) is 10.2. The molecule has 2 aromatic carbocycles. The average Bonchev–Trinajstić information content (AvgIpc) is 3.42. The highest BCUT2D eigenvalue weighted by Gasteiger charge is 2.39. The topological polar surface area (TPSA) is 78.0 Å². The number of rotatable bonds is 4. The first-order valence-electron chi connectivity index (χ1n) is 10.2. The second kappa shape index (κ2) is 7.09. The molecule has 0 radical (unpaired) electrons. The van der Waals surface area contributed by atoms with Crippen molar-refractivity contribution in [2.24, 2.45) is 5.92 Å². The van der Waals surface area contributed by atoms with Crippen molar-refractivity contribution in [1.29, 1.82) is 0 Å². The van der Waals surface area contributed by atoms with Crippen LogP contribution in [0.5, 0.6) is 0 Å². The standard InChI is InChI=1S/C23H21N3O4/c27-20-6-3-11-24(20)16-7-9-17(10-8-16)25-13-15(12-21(25)28)14-26-22(29)18-4-1-2-5-19(18)23(26)30/h1-2,4-5,7-10,15H,3,6,11-14H2. The van der Waals surface area contributed by atoms with E-state index in [2.05, 4.69) is 0 Å². The zero-order valence-corrected chi connectivity index (χ0v) is 16.4. The largest absolute Gasteiger partial charge is 0.312 e. The summed E-state index contributed by atoms with van der Waals surface area (Å²) in [6.07, 6.45) is 1.73. The van der Waals surface area contributed by atoms with E-state index in [1.54, 1.807) is 34.1 Å². The minimum Gasteiger partial charge on any atom is -0.312 e. The molecule has 0 saturated carbocycles. The molecule has 1 unspecified atom stereocenters. The summed E-state index contributed by atoms with van der Waals surface area (Å²) in [6, 6.07) is 14.2. The number of benzene rings is 2. The van der Waals surface area contributed by atoms with Gasteiger partial charge in [-0.15, -0.1) is 0 Å². The second-order valence-corrected chi connectivity index (χ2v) is 8.01. The molecule has 0 aromatic heterocycles. The van der Waals surface area contributed by atoms with Crippen molar-refractivity contribution in [3.05, 3.63) is 59.7 Å². The molecular weight excluding hydrogens is 382 g/mol. The van der Waals surface area contributed by atoms with E-state index in [0.717, 1.165) is 24.3 Å². The molecule has 3 heterocycles. The van der Waals surface area contributed by atoms with Crippen molar-refractivity contribution < 1.29 is 19.2 Å². The van der Waals surface area contributed by atoms with Crippen LogP contribution in [0.15, 0.2) is 48.5 Å². The van der Waals surface area contributed by atoms with Gasteiger partial charge in [0.25, 0.3) is 11.8 Å². The summed E-state index contributed by atoms with van der Waals surface area (Å²) in [5, 5.41) is 0. The van der Waals surface area contributed by atoms with E-state index in [4.69, 9.17) is 0 Å². The third-order valence-electron chi connectivity index (χ3n) is 6.07. The van der Waals surface area contributed by atoms with Crippen molar-refractivity contribution >= 4 is 35.0 Å². The van der Waals surface area contributed by atoms with Gasteiger partial charge < -0.3 is 9.80 Å². The van der Waals surface area contributed by atoms with Crippen molar-refractivity contribution in [2.45, 2.75) is 19.3 Å². The molecule has 0 spiro atoms. The molecule has 2 aromatic rings. The van der Waals surface area contributed by atoms with Crippen LogP contribution in [-0.4, -0.2) is 48.2 Å². The van der Waals surface area contributed by atoms with Crippen LogP contribution in [0, 0.1) is 5.92 Å². The lowest BCUT2D eigenvalue weighted by Gasteiger charge is -2.21. The van der Waals surface area contributed by atoms with Gasteiger partial charge in [-0.2, -0.15) is 0 Å². The first kappa shape index (κ1) is 18.5. The van der Waals surface area contributed by atoms with E-state index in [1.165, 1.54) is 4.90 Å². The fourth-order valence-electron chi connectivity index (χ4n) is 4.55. The van der Waals surface area contributed by atoms with Crippen molar-refractivity contribution in [1.82, 2.24) is 4.90 Å². The lowest BCUT2D eigenvalue weighted by Crippen LogP contribution is -2.35. The molecule has 3 aliphatic heterocycles. The maximum absolute atomic E-state index is 12.6. The molecule has 0 bridgehead atoms. The van der Waals surface area contributed by atoms with Gasteiger partial charge in [-0.25, -0.2) is 0 Å². The number of carbonyl (C=O) groups excluding carboxylic acids is 4. The second-order valence-electron chi connectivity index (χ2n) is 8.01. The Balaban J connectivity index is 1.28. The summed E-state index contributed by atoms with van der Waals surface area (Å²) in [7, 11) is 0. The molecule has 4 amide bonds. The Morgan fingerprint density at radius 1 is 0.767 bits per heavy atom. The number of nitrogens with zero attached hydrogens (tertiary/aromatic N) is 3. The van der Waals surface area contributed by atoms with Gasteiger partial charge >= 0.3 is 0 Å². The van der Waals surface area contributed by atoms with E-state index in [1.807, 2.05) is 24.3 Å². The summed E-state index contributed by atoms with van der Waals surface area (Å²) in [6.45, 7) is 1.41. The molecule has 7 nitrogen and oxygen atoms in total. The summed E-state index contributed by atoms with van der Waals surface area (Å²) in [4.78, 5) is 54.4. The fourth-order valence-corrected chi connectivity index (χ4v) is 4.55. The van der Waals surface area contributed by atoms with Gasteiger partial charge in [-0.1, -0.05) is 12.1 Å². The number of fused-ring (bicyclic) bond motifs is 1. The number of imide groups is 1. The van der Waals surface area contributed by atoms with E-state index in [-0.39, 0.29) is 36.1 Å². The van der Waals surface area contributed by atoms with Crippen molar-refractivity contribution in [3.8, 4) is 0 Å². The Morgan fingerprint density at radius 3 is 1.93 bits per heavy atom. The van der Waals surface area contributed by atoms with Crippen LogP contribution in [0.25, 0.3) is 0 Å². The van der Waals surface area contributed by atoms with Crippen LogP contribution in [0.4, 0.5) is 11.4 Å². The van der Waals surface area contributed by atoms with Gasteiger partial charge in [0, 0.05) is 49.8 Å². The van der Waals surface area contributed by atoms with Gasteiger partial charge in [0.1, 0.15) is 0 Å². The van der Waals surface area contributed by atoms with Gasteiger partial charge in [-0.05, 0) is 42.8 Å². The van der Waals surface area contributed by atoms with E-state index in [9.17, 15) is 19.2 Å². The van der Waals surface area contributed by atoms with E-state index >= 15 is 0 Å². The number of anilines is 2. The average molecular weight is 403 g/mol. The zero-order chi connectivity index (χ0) is 20.8. The first-order chi connectivity index (χ1) is 14.5. The van der Waals surface area contributed by atoms with Crippen LogP contribution in [0.2, 0.25) is 0 Å². The molecular formula is C23H21N3O4. The molecule has 2 saturated heterocycles. The van der Waals surface area contributed by atoms with Crippen LogP contribution in [0.1, 0.15) is 40.0 Å². The third kappa shape index (κ3) is 2.98. The lowest BCUT2D eigenvalue weighted by atomic mass is 10.1. The van der Waals surface area contributed by atoms with Crippen molar-refractivity contribution in [2.75, 3.05) is 29.4 Å².